The average Bonchev–Trinajstić information content (AvgIpc) is 2.91. The molecule has 8 nitrogen and oxygen atoms in total. The maximum absolute atomic E-state index is 13.2. The van der Waals surface area contributed by atoms with Gasteiger partial charge in [0.25, 0.3) is 5.91 Å². The molecule has 1 aliphatic rings. The molecule has 1 unspecified atom stereocenters. The highest BCUT2D eigenvalue weighted by Gasteiger charge is 2.26. The van der Waals surface area contributed by atoms with Crippen LogP contribution in [0.3, 0.4) is 0 Å². The molecular weight excluding hydrogens is 462 g/mol. The van der Waals surface area contributed by atoms with Gasteiger partial charge in [-0.2, -0.15) is 0 Å². The number of anilines is 1. The van der Waals surface area contributed by atoms with Crippen molar-refractivity contribution in [2.45, 2.75) is 25.9 Å². The molecule has 1 heterocycles. The van der Waals surface area contributed by atoms with Gasteiger partial charge < -0.3 is 24.3 Å². The lowest BCUT2D eigenvalue weighted by Crippen LogP contribution is -2.26. The van der Waals surface area contributed by atoms with Gasteiger partial charge in [-0.1, -0.05) is 42.5 Å². The molecule has 0 fully saturated rings. The number of benzene rings is 3. The standard InChI is InChI=1S/C28H27NO7/c1-2-33-23-11-7-6-10-21(23)29-28(32)27(19-8-4-3-5-9-19)36-26(31)15-13-22(30)20-12-14-24-25(18-20)35-17-16-34-24/h3-12,14,18,27H,2,13,15-17H2,1H3,(H,29,32). The van der Waals surface area contributed by atoms with Gasteiger partial charge in [-0.25, -0.2) is 0 Å². The van der Waals surface area contributed by atoms with Gasteiger partial charge >= 0.3 is 5.97 Å². The highest BCUT2D eigenvalue weighted by molar-refractivity contribution is 5.99. The Morgan fingerprint density at radius 2 is 1.61 bits per heavy atom. The molecule has 0 saturated carbocycles. The number of carbonyl (C=O) groups is 3. The number of carbonyl (C=O) groups excluding carboxylic acids is 3. The molecule has 1 N–H and O–H groups in total. The average molecular weight is 490 g/mol. The summed E-state index contributed by atoms with van der Waals surface area (Å²) in [7, 11) is 0. The molecule has 0 radical (unpaired) electrons. The SMILES string of the molecule is CCOc1ccccc1NC(=O)C(OC(=O)CCC(=O)c1ccc2c(c1)OCCO2)c1ccccc1. The first-order valence-electron chi connectivity index (χ1n) is 11.7. The highest BCUT2D eigenvalue weighted by atomic mass is 16.6. The highest BCUT2D eigenvalue weighted by Crippen LogP contribution is 2.31. The van der Waals surface area contributed by atoms with Crippen LogP contribution in [0.2, 0.25) is 0 Å². The summed E-state index contributed by atoms with van der Waals surface area (Å²) in [6.07, 6.45) is -1.45. The van der Waals surface area contributed by atoms with Gasteiger partial charge in [0.1, 0.15) is 19.0 Å². The summed E-state index contributed by atoms with van der Waals surface area (Å²) >= 11 is 0. The van der Waals surface area contributed by atoms with E-state index >= 15 is 0 Å². The van der Waals surface area contributed by atoms with Crippen molar-refractivity contribution in [2.24, 2.45) is 0 Å². The first-order valence-corrected chi connectivity index (χ1v) is 11.7. The molecule has 0 saturated heterocycles. The Bertz CT molecular complexity index is 1230. The van der Waals surface area contributed by atoms with Crippen molar-refractivity contribution in [1.29, 1.82) is 0 Å². The number of nitrogens with one attached hydrogen (secondary N) is 1. The summed E-state index contributed by atoms with van der Waals surface area (Å²) < 4.78 is 22.1. The van der Waals surface area contributed by atoms with E-state index in [4.69, 9.17) is 18.9 Å². The molecule has 8 heteroatoms. The summed E-state index contributed by atoms with van der Waals surface area (Å²) in [5, 5.41) is 2.79. The second kappa shape index (κ2) is 11.9. The van der Waals surface area contributed by atoms with Crippen LogP contribution >= 0.6 is 0 Å². The molecule has 4 rings (SSSR count). The summed E-state index contributed by atoms with van der Waals surface area (Å²) in [5.41, 5.74) is 1.39. The Morgan fingerprint density at radius 3 is 2.39 bits per heavy atom. The molecule has 0 aromatic heterocycles. The number of esters is 1. The van der Waals surface area contributed by atoms with E-state index in [-0.39, 0.29) is 18.6 Å². The second-order valence-corrected chi connectivity index (χ2v) is 7.98. The monoisotopic (exact) mass is 489 g/mol. The summed E-state index contributed by atoms with van der Waals surface area (Å²) in [6, 6.07) is 20.6. The molecule has 1 atom stereocenters. The third-order valence-electron chi connectivity index (χ3n) is 5.45. The molecule has 1 amide bonds. The zero-order chi connectivity index (χ0) is 25.3. The lowest BCUT2D eigenvalue weighted by atomic mass is 10.1. The summed E-state index contributed by atoms with van der Waals surface area (Å²) in [4.78, 5) is 38.5. The van der Waals surface area contributed by atoms with Gasteiger partial charge in [0.2, 0.25) is 6.10 Å². The third-order valence-corrected chi connectivity index (χ3v) is 5.45. The van der Waals surface area contributed by atoms with Gasteiger partial charge in [0.05, 0.1) is 18.7 Å². The minimum atomic E-state index is -1.20. The Morgan fingerprint density at radius 1 is 0.889 bits per heavy atom. The Kier molecular flexibility index (Phi) is 8.18. The van der Waals surface area contributed by atoms with Crippen molar-refractivity contribution in [3.05, 3.63) is 83.9 Å². The van der Waals surface area contributed by atoms with Crippen molar-refractivity contribution >= 4 is 23.3 Å². The van der Waals surface area contributed by atoms with Crippen LogP contribution in [0.25, 0.3) is 0 Å². The van der Waals surface area contributed by atoms with Crippen LogP contribution in [0.15, 0.2) is 72.8 Å². The van der Waals surface area contributed by atoms with Gasteiger partial charge in [0.15, 0.2) is 17.3 Å². The number of rotatable bonds is 10. The van der Waals surface area contributed by atoms with Crippen molar-refractivity contribution in [2.75, 3.05) is 25.1 Å². The van der Waals surface area contributed by atoms with Crippen LogP contribution in [0.5, 0.6) is 17.2 Å². The van der Waals surface area contributed by atoms with E-state index in [1.54, 1.807) is 72.8 Å². The number of ether oxygens (including phenoxy) is 4. The molecule has 0 spiro atoms. The van der Waals surface area contributed by atoms with Gasteiger partial charge in [-0.05, 0) is 37.3 Å². The van der Waals surface area contributed by atoms with E-state index in [0.717, 1.165) is 0 Å². The van der Waals surface area contributed by atoms with Gasteiger partial charge in [0, 0.05) is 17.5 Å². The van der Waals surface area contributed by atoms with Crippen LogP contribution in [0.1, 0.15) is 41.8 Å². The first kappa shape index (κ1) is 24.8. The smallest absolute Gasteiger partial charge is 0.307 e. The molecule has 36 heavy (non-hydrogen) atoms. The van der Waals surface area contributed by atoms with Gasteiger partial charge in [-0.3, -0.25) is 14.4 Å². The molecular formula is C28H27NO7. The van der Waals surface area contributed by atoms with E-state index in [1.807, 2.05) is 6.92 Å². The number of amides is 1. The Balaban J connectivity index is 1.42. The van der Waals surface area contributed by atoms with E-state index in [1.165, 1.54) is 0 Å². The van der Waals surface area contributed by atoms with Crippen LogP contribution < -0.4 is 19.5 Å². The van der Waals surface area contributed by atoms with E-state index in [2.05, 4.69) is 5.32 Å². The zero-order valence-corrected chi connectivity index (χ0v) is 19.9. The largest absolute Gasteiger partial charge is 0.492 e. The van der Waals surface area contributed by atoms with Crippen molar-refractivity contribution in [3.63, 3.8) is 0 Å². The molecule has 3 aromatic carbocycles. The lowest BCUT2D eigenvalue weighted by Gasteiger charge is -2.19. The Hall–Kier alpha value is -4.33. The number of para-hydroxylation sites is 2. The first-order chi connectivity index (χ1) is 17.5. The third kappa shape index (κ3) is 6.21. The number of hydrogen-bond donors (Lipinski definition) is 1. The van der Waals surface area contributed by atoms with Crippen LogP contribution in [-0.4, -0.2) is 37.5 Å². The predicted octanol–water partition coefficient (Wildman–Crippen LogP) is 4.74. The van der Waals surface area contributed by atoms with Crippen LogP contribution in [0.4, 0.5) is 5.69 Å². The van der Waals surface area contributed by atoms with Gasteiger partial charge in [-0.15, -0.1) is 0 Å². The van der Waals surface area contributed by atoms with Crippen molar-refractivity contribution in [1.82, 2.24) is 0 Å². The zero-order valence-electron chi connectivity index (χ0n) is 19.9. The quantitative estimate of drug-likeness (QED) is 0.324. The molecule has 3 aromatic rings. The van der Waals surface area contributed by atoms with E-state index in [0.29, 0.717) is 53.9 Å². The molecule has 1 aliphatic heterocycles. The number of Topliss-reactive ketones (excluding diaryl/α,β-unsaturated/α-hetero) is 1. The predicted molar refractivity (Wildman–Crippen MR) is 133 cm³/mol. The topological polar surface area (TPSA) is 100 Å². The fraction of sp³-hybridized carbons (Fsp3) is 0.250. The minimum Gasteiger partial charge on any atom is -0.492 e. The number of fused-ring (bicyclic) bond motifs is 1. The van der Waals surface area contributed by atoms with E-state index in [9.17, 15) is 14.4 Å². The van der Waals surface area contributed by atoms with E-state index < -0.39 is 18.0 Å². The Labute approximate surface area is 209 Å². The van der Waals surface area contributed by atoms with Crippen LogP contribution in [-0.2, 0) is 14.3 Å². The second-order valence-electron chi connectivity index (χ2n) is 7.98. The summed E-state index contributed by atoms with van der Waals surface area (Å²) in [6.45, 7) is 3.15. The van der Waals surface area contributed by atoms with Crippen molar-refractivity contribution < 1.29 is 33.3 Å². The molecule has 0 bridgehead atoms. The summed E-state index contributed by atoms with van der Waals surface area (Å²) in [5.74, 6) is 0.164. The molecule has 0 aliphatic carbocycles. The maximum Gasteiger partial charge on any atom is 0.307 e. The van der Waals surface area contributed by atoms with Crippen LogP contribution in [0, 0.1) is 0 Å². The van der Waals surface area contributed by atoms with Crippen molar-refractivity contribution in [3.8, 4) is 17.2 Å². The normalized spacial score (nSPS) is 12.8. The lowest BCUT2D eigenvalue weighted by molar-refractivity contribution is -0.154. The minimum absolute atomic E-state index is 0.0746. The number of hydrogen-bond acceptors (Lipinski definition) is 7. The maximum atomic E-state index is 13.2. The number of ketones is 1. The molecule has 186 valence electrons. The fourth-order valence-electron chi connectivity index (χ4n) is 3.72. The fourth-order valence-corrected chi connectivity index (χ4v) is 3.72.